The molecule has 1 saturated heterocycles. The quantitative estimate of drug-likeness (QED) is 0.501. The minimum atomic E-state index is -3.16. The summed E-state index contributed by atoms with van der Waals surface area (Å²) in [5.74, 6) is -0.0530. The standard InChI is InChI=1S/C8H17N3O3S/c1-15(13,14)11-6-5-10-8(12)7-3-2-4-9-7/h7,9,11H,2-6H2,1H3,(H,10,12). The molecule has 1 aliphatic rings. The number of carbonyl (C=O) groups excluding carboxylic acids is 1. The van der Waals surface area contributed by atoms with Crippen LogP contribution in [0.1, 0.15) is 12.8 Å². The summed E-state index contributed by atoms with van der Waals surface area (Å²) < 4.78 is 23.7. The lowest BCUT2D eigenvalue weighted by molar-refractivity contribution is -0.122. The predicted molar refractivity (Wildman–Crippen MR) is 56.9 cm³/mol. The molecule has 6 nitrogen and oxygen atoms in total. The van der Waals surface area contributed by atoms with Gasteiger partial charge in [-0.1, -0.05) is 0 Å². The van der Waals surface area contributed by atoms with Gasteiger partial charge in [-0.15, -0.1) is 0 Å². The van der Waals surface area contributed by atoms with E-state index in [9.17, 15) is 13.2 Å². The molecule has 0 aromatic carbocycles. The van der Waals surface area contributed by atoms with Crippen LogP contribution in [0.2, 0.25) is 0 Å². The summed E-state index contributed by atoms with van der Waals surface area (Å²) in [5.41, 5.74) is 0. The van der Waals surface area contributed by atoms with Crippen LogP contribution in [0, 0.1) is 0 Å². The second-order valence-electron chi connectivity index (χ2n) is 3.61. The van der Waals surface area contributed by atoms with Crippen molar-refractivity contribution in [2.24, 2.45) is 0 Å². The molecule has 7 heteroatoms. The van der Waals surface area contributed by atoms with Crippen molar-refractivity contribution in [3.8, 4) is 0 Å². The molecule has 0 radical (unpaired) electrons. The third-order valence-corrected chi connectivity index (χ3v) is 2.89. The molecule has 0 bridgehead atoms. The molecule has 1 fully saturated rings. The van der Waals surface area contributed by atoms with Gasteiger partial charge in [0.1, 0.15) is 0 Å². The lowest BCUT2D eigenvalue weighted by Gasteiger charge is -2.10. The molecule has 0 saturated carbocycles. The minimum absolute atomic E-state index is 0.0530. The number of carbonyl (C=O) groups is 1. The fraction of sp³-hybridized carbons (Fsp3) is 0.875. The zero-order chi connectivity index (χ0) is 11.3. The summed E-state index contributed by atoms with van der Waals surface area (Å²) in [4.78, 5) is 11.4. The average molecular weight is 235 g/mol. The summed E-state index contributed by atoms with van der Waals surface area (Å²) >= 11 is 0. The van der Waals surface area contributed by atoms with Crippen molar-refractivity contribution in [3.05, 3.63) is 0 Å². The molecule has 1 amide bonds. The first-order chi connectivity index (χ1) is 6.99. The Bertz CT molecular complexity index is 309. The van der Waals surface area contributed by atoms with Gasteiger partial charge in [-0.25, -0.2) is 13.1 Å². The Morgan fingerprint density at radius 1 is 1.47 bits per heavy atom. The maximum Gasteiger partial charge on any atom is 0.237 e. The highest BCUT2D eigenvalue weighted by molar-refractivity contribution is 7.88. The second-order valence-corrected chi connectivity index (χ2v) is 5.44. The Morgan fingerprint density at radius 2 is 2.20 bits per heavy atom. The lowest BCUT2D eigenvalue weighted by Crippen LogP contribution is -2.43. The van der Waals surface area contributed by atoms with E-state index in [-0.39, 0.29) is 18.5 Å². The maximum atomic E-state index is 11.4. The third-order valence-electron chi connectivity index (χ3n) is 2.17. The first-order valence-electron chi connectivity index (χ1n) is 4.95. The van der Waals surface area contributed by atoms with Crippen molar-refractivity contribution >= 4 is 15.9 Å². The van der Waals surface area contributed by atoms with Gasteiger partial charge in [-0.3, -0.25) is 4.79 Å². The van der Waals surface area contributed by atoms with Gasteiger partial charge < -0.3 is 10.6 Å². The predicted octanol–water partition coefficient (Wildman–Crippen LogP) is -1.60. The molecule has 88 valence electrons. The average Bonchev–Trinajstić information content (AvgIpc) is 2.63. The number of amides is 1. The fourth-order valence-corrected chi connectivity index (χ4v) is 1.93. The molecule has 15 heavy (non-hydrogen) atoms. The Labute approximate surface area is 89.9 Å². The van der Waals surface area contributed by atoms with E-state index >= 15 is 0 Å². The molecule has 0 aromatic rings. The van der Waals surface area contributed by atoms with E-state index in [1.54, 1.807) is 0 Å². The number of hydrogen-bond acceptors (Lipinski definition) is 4. The fourth-order valence-electron chi connectivity index (χ4n) is 1.45. The van der Waals surface area contributed by atoms with Gasteiger partial charge >= 0.3 is 0 Å². The normalized spacial score (nSPS) is 21.5. The first kappa shape index (κ1) is 12.4. The van der Waals surface area contributed by atoms with Gasteiger partial charge in [0.05, 0.1) is 12.3 Å². The second kappa shape index (κ2) is 5.43. The topological polar surface area (TPSA) is 87.3 Å². The van der Waals surface area contributed by atoms with Crippen molar-refractivity contribution in [2.45, 2.75) is 18.9 Å². The lowest BCUT2D eigenvalue weighted by atomic mass is 10.2. The van der Waals surface area contributed by atoms with Crippen LogP contribution in [-0.2, 0) is 14.8 Å². The van der Waals surface area contributed by atoms with Crippen molar-refractivity contribution in [1.29, 1.82) is 0 Å². The summed E-state index contributed by atoms with van der Waals surface area (Å²) in [6, 6.07) is -0.108. The van der Waals surface area contributed by atoms with E-state index in [0.29, 0.717) is 6.54 Å². The first-order valence-corrected chi connectivity index (χ1v) is 6.84. The van der Waals surface area contributed by atoms with Gasteiger partial charge in [0.25, 0.3) is 0 Å². The van der Waals surface area contributed by atoms with Gasteiger partial charge in [0.15, 0.2) is 0 Å². The van der Waals surface area contributed by atoms with Crippen LogP contribution in [0.3, 0.4) is 0 Å². The molecule has 1 heterocycles. The van der Waals surface area contributed by atoms with E-state index in [4.69, 9.17) is 0 Å². The molecule has 0 spiro atoms. The van der Waals surface area contributed by atoms with Crippen LogP contribution in [0.4, 0.5) is 0 Å². The van der Waals surface area contributed by atoms with Gasteiger partial charge in [0, 0.05) is 13.1 Å². The van der Waals surface area contributed by atoms with Crippen LogP contribution in [-0.4, -0.2) is 46.3 Å². The highest BCUT2D eigenvalue weighted by Crippen LogP contribution is 2.03. The summed E-state index contributed by atoms with van der Waals surface area (Å²) in [6.07, 6.45) is 2.96. The van der Waals surface area contributed by atoms with Crippen LogP contribution in [0.25, 0.3) is 0 Å². The van der Waals surface area contributed by atoms with Crippen molar-refractivity contribution in [2.75, 3.05) is 25.9 Å². The van der Waals surface area contributed by atoms with E-state index < -0.39 is 10.0 Å². The molecule has 3 N–H and O–H groups in total. The largest absolute Gasteiger partial charge is 0.353 e. The Morgan fingerprint density at radius 3 is 2.73 bits per heavy atom. The molecular weight excluding hydrogens is 218 g/mol. The Balaban J connectivity index is 2.12. The molecule has 1 aliphatic heterocycles. The van der Waals surface area contributed by atoms with Gasteiger partial charge in [-0.05, 0) is 19.4 Å². The molecule has 1 atom stereocenters. The third kappa shape index (κ3) is 5.10. The maximum absolute atomic E-state index is 11.4. The smallest absolute Gasteiger partial charge is 0.237 e. The van der Waals surface area contributed by atoms with E-state index in [1.165, 1.54) is 0 Å². The van der Waals surface area contributed by atoms with Crippen LogP contribution < -0.4 is 15.4 Å². The summed E-state index contributed by atoms with van der Waals surface area (Å²) in [5, 5.41) is 5.73. The van der Waals surface area contributed by atoms with Crippen LogP contribution in [0.5, 0.6) is 0 Å². The highest BCUT2D eigenvalue weighted by atomic mass is 32.2. The molecule has 0 aliphatic carbocycles. The zero-order valence-electron chi connectivity index (χ0n) is 8.75. The molecular formula is C8H17N3O3S. The molecule has 1 unspecified atom stereocenters. The van der Waals surface area contributed by atoms with Gasteiger partial charge in [0.2, 0.25) is 15.9 Å². The SMILES string of the molecule is CS(=O)(=O)NCCNC(=O)C1CCCN1. The number of hydrogen-bond donors (Lipinski definition) is 3. The van der Waals surface area contributed by atoms with Gasteiger partial charge in [-0.2, -0.15) is 0 Å². The Kier molecular flexibility index (Phi) is 4.49. The van der Waals surface area contributed by atoms with Crippen molar-refractivity contribution < 1.29 is 13.2 Å². The van der Waals surface area contributed by atoms with Crippen LogP contribution >= 0.6 is 0 Å². The van der Waals surface area contributed by atoms with E-state index in [2.05, 4.69) is 15.4 Å². The number of sulfonamides is 1. The molecule has 1 rings (SSSR count). The number of rotatable bonds is 5. The monoisotopic (exact) mass is 235 g/mol. The van der Waals surface area contributed by atoms with Crippen molar-refractivity contribution in [1.82, 2.24) is 15.4 Å². The van der Waals surface area contributed by atoms with Crippen LogP contribution in [0.15, 0.2) is 0 Å². The zero-order valence-corrected chi connectivity index (χ0v) is 9.56. The van der Waals surface area contributed by atoms with E-state index in [0.717, 1.165) is 25.6 Å². The van der Waals surface area contributed by atoms with Crippen molar-refractivity contribution in [3.63, 3.8) is 0 Å². The summed E-state index contributed by atoms with van der Waals surface area (Å²) in [7, 11) is -3.16. The van der Waals surface area contributed by atoms with E-state index in [1.807, 2.05) is 0 Å². The summed E-state index contributed by atoms with van der Waals surface area (Å²) in [6.45, 7) is 1.43. The number of nitrogens with one attached hydrogen (secondary N) is 3. The highest BCUT2D eigenvalue weighted by Gasteiger charge is 2.21. The Hall–Kier alpha value is -0.660. The minimum Gasteiger partial charge on any atom is -0.353 e. The molecule has 0 aromatic heterocycles.